The minimum absolute atomic E-state index is 0.123. The van der Waals surface area contributed by atoms with Crippen LogP contribution in [0.3, 0.4) is 0 Å². The summed E-state index contributed by atoms with van der Waals surface area (Å²) >= 11 is 0. The summed E-state index contributed by atoms with van der Waals surface area (Å²) in [5.41, 5.74) is 0. The fourth-order valence-corrected chi connectivity index (χ4v) is 1.91. The topological polar surface area (TPSA) is 78.4 Å². The average molecular weight is 228 g/mol. The number of hydrogen-bond donors (Lipinski definition) is 3. The Morgan fingerprint density at radius 2 is 1.88 bits per heavy atom. The smallest absolute Gasteiger partial charge is 0.315 e. The highest BCUT2D eigenvalue weighted by Crippen LogP contribution is 2.17. The lowest BCUT2D eigenvalue weighted by molar-refractivity contribution is -0.137. The molecule has 0 unspecified atom stereocenters. The van der Waals surface area contributed by atoms with Crippen molar-refractivity contribution in [3.05, 3.63) is 0 Å². The molecule has 0 radical (unpaired) electrons. The van der Waals surface area contributed by atoms with Gasteiger partial charge in [0.05, 0.1) is 0 Å². The summed E-state index contributed by atoms with van der Waals surface area (Å²) in [5, 5.41) is 14.1. The lowest BCUT2D eigenvalue weighted by Gasteiger charge is -2.12. The van der Waals surface area contributed by atoms with Crippen LogP contribution in [0.1, 0.15) is 44.9 Å². The molecule has 2 amide bonds. The van der Waals surface area contributed by atoms with Gasteiger partial charge in [-0.2, -0.15) is 0 Å². The third-order valence-electron chi connectivity index (χ3n) is 2.79. The van der Waals surface area contributed by atoms with Crippen molar-refractivity contribution in [3.8, 4) is 0 Å². The van der Waals surface area contributed by atoms with Crippen LogP contribution in [-0.2, 0) is 4.79 Å². The van der Waals surface area contributed by atoms with Gasteiger partial charge in [0.25, 0.3) is 0 Å². The number of aliphatic carboxylic acids is 1. The summed E-state index contributed by atoms with van der Waals surface area (Å²) in [7, 11) is 0. The normalized spacial score (nSPS) is 16.0. The van der Waals surface area contributed by atoms with Crippen LogP contribution >= 0.6 is 0 Å². The van der Waals surface area contributed by atoms with Crippen LogP contribution in [0.4, 0.5) is 4.79 Å². The average Bonchev–Trinajstić information content (AvgIpc) is 2.69. The fraction of sp³-hybridized carbons (Fsp3) is 0.818. The maximum absolute atomic E-state index is 11.4. The zero-order chi connectivity index (χ0) is 11.8. The van der Waals surface area contributed by atoms with E-state index in [2.05, 4.69) is 10.6 Å². The van der Waals surface area contributed by atoms with Crippen LogP contribution in [0.5, 0.6) is 0 Å². The third kappa shape index (κ3) is 5.58. The molecule has 3 N–H and O–H groups in total. The molecule has 0 heterocycles. The zero-order valence-electron chi connectivity index (χ0n) is 9.50. The van der Waals surface area contributed by atoms with Crippen molar-refractivity contribution < 1.29 is 14.7 Å². The van der Waals surface area contributed by atoms with Crippen LogP contribution in [0.25, 0.3) is 0 Å². The fourth-order valence-electron chi connectivity index (χ4n) is 1.91. The van der Waals surface area contributed by atoms with E-state index in [1.807, 2.05) is 0 Å². The van der Waals surface area contributed by atoms with Gasteiger partial charge in [-0.25, -0.2) is 4.79 Å². The third-order valence-corrected chi connectivity index (χ3v) is 2.79. The van der Waals surface area contributed by atoms with Crippen LogP contribution in [-0.4, -0.2) is 29.7 Å². The molecule has 5 heteroatoms. The number of carbonyl (C=O) groups is 2. The molecule has 16 heavy (non-hydrogen) atoms. The van der Waals surface area contributed by atoms with E-state index in [1.165, 1.54) is 12.8 Å². The SMILES string of the molecule is O=C(O)CCCCNC(=O)NC1CCCC1. The molecular weight excluding hydrogens is 208 g/mol. The van der Waals surface area contributed by atoms with Crippen LogP contribution in [0, 0.1) is 0 Å². The van der Waals surface area contributed by atoms with Crippen molar-refractivity contribution >= 4 is 12.0 Å². The lowest BCUT2D eigenvalue weighted by Crippen LogP contribution is -2.41. The number of urea groups is 1. The molecule has 1 rings (SSSR count). The van der Waals surface area contributed by atoms with Crippen molar-refractivity contribution in [1.82, 2.24) is 10.6 Å². The Labute approximate surface area is 95.6 Å². The first kappa shape index (κ1) is 12.8. The van der Waals surface area contributed by atoms with Gasteiger partial charge in [-0.3, -0.25) is 4.79 Å². The zero-order valence-corrected chi connectivity index (χ0v) is 9.50. The van der Waals surface area contributed by atoms with Gasteiger partial charge >= 0.3 is 12.0 Å². The highest BCUT2D eigenvalue weighted by Gasteiger charge is 2.16. The Balaban J connectivity index is 1.95. The van der Waals surface area contributed by atoms with Crippen molar-refractivity contribution in [2.24, 2.45) is 0 Å². The number of rotatable bonds is 6. The molecule has 0 atom stereocenters. The predicted molar refractivity (Wildman–Crippen MR) is 60.3 cm³/mol. The maximum atomic E-state index is 11.4. The molecule has 0 aromatic rings. The molecule has 0 saturated heterocycles. The molecular formula is C11H20N2O3. The second-order valence-electron chi connectivity index (χ2n) is 4.23. The van der Waals surface area contributed by atoms with Gasteiger partial charge in [-0.1, -0.05) is 12.8 Å². The van der Waals surface area contributed by atoms with E-state index < -0.39 is 5.97 Å². The first-order valence-corrected chi connectivity index (χ1v) is 5.94. The number of carboxylic acids is 1. The second kappa shape index (κ2) is 7.09. The molecule has 0 spiro atoms. The molecule has 1 aliphatic carbocycles. The standard InChI is InChI=1S/C11H20N2O3/c14-10(15)7-3-4-8-12-11(16)13-9-5-1-2-6-9/h9H,1-8H2,(H,14,15)(H2,12,13,16). The summed E-state index contributed by atoms with van der Waals surface area (Å²) < 4.78 is 0. The number of unbranched alkanes of at least 4 members (excludes halogenated alkanes) is 1. The summed E-state index contributed by atoms with van der Waals surface area (Å²) in [5.74, 6) is -0.782. The quantitative estimate of drug-likeness (QED) is 0.602. The molecule has 1 saturated carbocycles. The minimum atomic E-state index is -0.782. The van der Waals surface area contributed by atoms with Gasteiger partial charge in [-0.15, -0.1) is 0 Å². The van der Waals surface area contributed by atoms with Crippen molar-refractivity contribution in [3.63, 3.8) is 0 Å². The van der Waals surface area contributed by atoms with Gasteiger partial charge < -0.3 is 15.7 Å². The first-order valence-electron chi connectivity index (χ1n) is 5.94. The molecule has 0 bridgehead atoms. The highest BCUT2D eigenvalue weighted by molar-refractivity contribution is 5.74. The monoisotopic (exact) mass is 228 g/mol. The number of carboxylic acid groups (broad SMARTS) is 1. The Hall–Kier alpha value is -1.26. The van der Waals surface area contributed by atoms with Crippen molar-refractivity contribution in [1.29, 1.82) is 0 Å². The summed E-state index contributed by atoms with van der Waals surface area (Å²) in [4.78, 5) is 21.6. The van der Waals surface area contributed by atoms with E-state index in [1.54, 1.807) is 0 Å². The summed E-state index contributed by atoms with van der Waals surface area (Å²) in [6, 6.07) is 0.209. The Morgan fingerprint density at radius 1 is 1.19 bits per heavy atom. The molecule has 0 aliphatic heterocycles. The molecule has 0 aromatic carbocycles. The summed E-state index contributed by atoms with van der Waals surface area (Å²) in [6.45, 7) is 0.547. The number of hydrogen-bond acceptors (Lipinski definition) is 2. The highest BCUT2D eigenvalue weighted by atomic mass is 16.4. The first-order chi connectivity index (χ1) is 7.68. The van der Waals surface area contributed by atoms with Gasteiger partial charge in [0.15, 0.2) is 0 Å². The van der Waals surface area contributed by atoms with Crippen molar-refractivity contribution in [2.45, 2.75) is 51.0 Å². The van der Waals surface area contributed by atoms with Gasteiger partial charge in [0, 0.05) is 19.0 Å². The molecule has 5 nitrogen and oxygen atoms in total. The number of nitrogens with one attached hydrogen (secondary N) is 2. The molecule has 92 valence electrons. The molecule has 1 aliphatic rings. The lowest BCUT2D eigenvalue weighted by atomic mass is 10.2. The van der Waals surface area contributed by atoms with Gasteiger partial charge in [-0.05, 0) is 25.7 Å². The van der Waals surface area contributed by atoms with Crippen LogP contribution in [0.15, 0.2) is 0 Å². The maximum Gasteiger partial charge on any atom is 0.315 e. The Kier molecular flexibility index (Phi) is 5.67. The molecule has 1 fully saturated rings. The summed E-state index contributed by atoms with van der Waals surface area (Å²) in [6.07, 6.45) is 6.04. The van der Waals surface area contributed by atoms with Crippen LogP contribution < -0.4 is 10.6 Å². The van der Waals surface area contributed by atoms with E-state index in [9.17, 15) is 9.59 Å². The Morgan fingerprint density at radius 3 is 2.50 bits per heavy atom. The van der Waals surface area contributed by atoms with E-state index >= 15 is 0 Å². The van der Waals surface area contributed by atoms with Crippen molar-refractivity contribution in [2.75, 3.05) is 6.54 Å². The van der Waals surface area contributed by atoms with E-state index in [0.29, 0.717) is 25.4 Å². The number of carbonyl (C=O) groups excluding carboxylic acids is 1. The Bertz CT molecular complexity index is 237. The second-order valence-corrected chi connectivity index (χ2v) is 4.23. The van der Waals surface area contributed by atoms with E-state index in [-0.39, 0.29) is 12.5 Å². The van der Waals surface area contributed by atoms with E-state index in [4.69, 9.17) is 5.11 Å². The largest absolute Gasteiger partial charge is 0.481 e. The van der Waals surface area contributed by atoms with Crippen LogP contribution in [0.2, 0.25) is 0 Å². The van der Waals surface area contributed by atoms with Gasteiger partial charge in [0.2, 0.25) is 0 Å². The predicted octanol–water partition coefficient (Wildman–Crippen LogP) is 1.48. The minimum Gasteiger partial charge on any atom is -0.481 e. The molecule has 0 aromatic heterocycles. The van der Waals surface area contributed by atoms with E-state index in [0.717, 1.165) is 12.8 Å². The number of amides is 2. The van der Waals surface area contributed by atoms with Gasteiger partial charge in [0.1, 0.15) is 0 Å².